The number of nitrogens with zero attached hydrogens (tertiary/aromatic N) is 2. The number of aromatic amines is 2. The lowest BCUT2D eigenvalue weighted by Gasteiger charge is -2.38. The molecular weight excluding hydrogens is 414 g/mol. The maximum Gasteiger partial charge on any atom is 0.253 e. The van der Waals surface area contributed by atoms with Gasteiger partial charge in [-0.15, -0.1) is 0 Å². The number of nitrogens with two attached hydrogens (primary N) is 1. The van der Waals surface area contributed by atoms with Crippen molar-refractivity contribution in [3.63, 3.8) is 0 Å². The first kappa shape index (κ1) is 20.1. The van der Waals surface area contributed by atoms with Gasteiger partial charge in [-0.05, 0) is 79.1 Å². The fraction of sp³-hybridized carbons (Fsp3) is 0.308. The largest absolute Gasteiger partial charge is 0.399 e. The number of amides is 1. The highest BCUT2D eigenvalue weighted by Crippen LogP contribution is 2.37. The summed E-state index contributed by atoms with van der Waals surface area (Å²) in [5.74, 6) is 0.0158. The molecule has 0 saturated carbocycles. The Morgan fingerprint density at radius 3 is 2.64 bits per heavy atom. The van der Waals surface area contributed by atoms with Crippen LogP contribution in [-0.4, -0.2) is 44.2 Å². The van der Waals surface area contributed by atoms with Crippen LogP contribution in [0, 0.1) is 0 Å². The van der Waals surface area contributed by atoms with E-state index in [0.717, 1.165) is 47.1 Å². The number of hydrogen-bond acceptors (Lipinski definition) is 4. The van der Waals surface area contributed by atoms with Crippen molar-refractivity contribution in [1.29, 1.82) is 0 Å². The molecule has 33 heavy (non-hydrogen) atoms. The number of aliphatic hydroxyl groups is 1. The molecule has 7 nitrogen and oxygen atoms in total. The summed E-state index contributed by atoms with van der Waals surface area (Å²) in [5, 5.41) is 19.6. The standard InChI is InChI=1S/C26H27N5O2/c27-19-7-5-18(6-8-19)26(33)10-12-31(13-11-26)25(32)16-4-9-22-21(14-16)20-3-1-2-17-15-28-30-23(17)24(20)29-22/h4-9,14-15,29,33H,1-3,10-13,27H2,(H,28,30). The Hall–Kier alpha value is -3.58. The van der Waals surface area contributed by atoms with Gasteiger partial charge >= 0.3 is 0 Å². The van der Waals surface area contributed by atoms with Crippen LogP contribution in [0.25, 0.3) is 22.3 Å². The van der Waals surface area contributed by atoms with E-state index in [1.165, 1.54) is 11.1 Å². The van der Waals surface area contributed by atoms with E-state index in [9.17, 15) is 9.90 Å². The number of hydrogen-bond donors (Lipinski definition) is 4. The molecule has 5 N–H and O–H groups in total. The van der Waals surface area contributed by atoms with Crippen LogP contribution in [0.5, 0.6) is 0 Å². The Balaban J connectivity index is 1.26. The molecule has 4 aromatic rings. The molecule has 1 saturated heterocycles. The van der Waals surface area contributed by atoms with E-state index in [2.05, 4.69) is 15.2 Å². The summed E-state index contributed by atoms with van der Waals surface area (Å²) in [5.41, 5.74) is 12.8. The van der Waals surface area contributed by atoms with Crippen molar-refractivity contribution in [2.24, 2.45) is 0 Å². The monoisotopic (exact) mass is 441 g/mol. The van der Waals surface area contributed by atoms with E-state index in [1.54, 1.807) is 0 Å². The van der Waals surface area contributed by atoms with Crippen LogP contribution < -0.4 is 5.73 Å². The van der Waals surface area contributed by atoms with Gasteiger partial charge in [-0.2, -0.15) is 5.10 Å². The highest BCUT2D eigenvalue weighted by molar-refractivity contribution is 6.00. The Labute approximate surface area is 191 Å². The van der Waals surface area contributed by atoms with Crippen LogP contribution in [0.15, 0.2) is 48.7 Å². The van der Waals surface area contributed by atoms with Gasteiger partial charge in [-0.25, -0.2) is 0 Å². The molecule has 7 heteroatoms. The Bertz CT molecular complexity index is 1340. The third kappa shape index (κ3) is 3.31. The molecule has 3 heterocycles. The Kier molecular flexibility index (Phi) is 4.55. The molecule has 0 bridgehead atoms. The molecule has 2 aromatic carbocycles. The average molecular weight is 442 g/mol. The lowest BCUT2D eigenvalue weighted by molar-refractivity contribution is -0.0211. The van der Waals surface area contributed by atoms with Crippen molar-refractivity contribution in [1.82, 2.24) is 20.1 Å². The number of rotatable bonds is 2. The van der Waals surface area contributed by atoms with Crippen molar-refractivity contribution in [3.8, 4) is 11.4 Å². The molecule has 0 unspecified atom stereocenters. The molecule has 0 radical (unpaired) electrons. The predicted octanol–water partition coefficient (Wildman–Crippen LogP) is 3.75. The maximum atomic E-state index is 13.4. The molecule has 0 atom stereocenters. The third-order valence-corrected chi connectivity index (χ3v) is 7.32. The fourth-order valence-electron chi connectivity index (χ4n) is 5.37. The zero-order valence-electron chi connectivity index (χ0n) is 18.4. The average Bonchev–Trinajstić information content (AvgIpc) is 3.40. The lowest BCUT2D eigenvalue weighted by atomic mass is 9.84. The minimum Gasteiger partial charge on any atom is -0.399 e. The van der Waals surface area contributed by atoms with Crippen LogP contribution in [0.2, 0.25) is 0 Å². The first-order valence-electron chi connectivity index (χ1n) is 11.6. The zero-order valence-corrected chi connectivity index (χ0v) is 18.4. The smallest absolute Gasteiger partial charge is 0.253 e. The van der Waals surface area contributed by atoms with Gasteiger partial charge in [-0.1, -0.05) is 12.1 Å². The van der Waals surface area contributed by atoms with Crippen molar-refractivity contribution in [2.75, 3.05) is 18.8 Å². The lowest BCUT2D eigenvalue weighted by Crippen LogP contribution is -2.45. The molecule has 2 aliphatic rings. The Morgan fingerprint density at radius 2 is 1.85 bits per heavy atom. The van der Waals surface area contributed by atoms with E-state index in [4.69, 9.17) is 5.73 Å². The highest BCUT2D eigenvalue weighted by Gasteiger charge is 2.35. The molecule has 0 spiro atoms. The number of aromatic nitrogens is 3. The molecular formula is C26H27N5O2. The van der Waals surface area contributed by atoms with Crippen LogP contribution in [0.3, 0.4) is 0 Å². The van der Waals surface area contributed by atoms with Crippen molar-refractivity contribution in [3.05, 3.63) is 70.9 Å². The Morgan fingerprint density at radius 1 is 1.06 bits per heavy atom. The summed E-state index contributed by atoms with van der Waals surface area (Å²) in [6.45, 7) is 1.03. The van der Waals surface area contributed by atoms with Gasteiger partial charge in [0.2, 0.25) is 0 Å². The third-order valence-electron chi connectivity index (χ3n) is 7.32. The second-order valence-electron chi connectivity index (χ2n) is 9.31. The van der Waals surface area contributed by atoms with Crippen LogP contribution >= 0.6 is 0 Å². The van der Waals surface area contributed by atoms with Crippen LogP contribution in [0.1, 0.15) is 46.3 Å². The van der Waals surface area contributed by atoms with Gasteiger partial charge in [0, 0.05) is 35.2 Å². The second-order valence-corrected chi connectivity index (χ2v) is 9.31. The molecule has 1 aliphatic heterocycles. The number of benzene rings is 2. The molecule has 1 fully saturated rings. The number of fused-ring (bicyclic) bond motifs is 5. The number of piperidine rings is 1. The number of carbonyl (C=O) groups excluding carboxylic acids is 1. The number of likely N-dealkylation sites (tertiary alicyclic amines) is 1. The van der Waals surface area contributed by atoms with Crippen LogP contribution in [0.4, 0.5) is 5.69 Å². The first-order chi connectivity index (χ1) is 16.0. The summed E-state index contributed by atoms with van der Waals surface area (Å²) >= 11 is 0. The zero-order chi connectivity index (χ0) is 22.6. The van der Waals surface area contributed by atoms with Crippen LogP contribution in [-0.2, 0) is 18.4 Å². The summed E-state index contributed by atoms with van der Waals surface area (Å²) in [7, 11) is 0. The molecule has 1 aliphatic carbocycles. The van der Waals surface area contributed by atoms with Gasteiger partial charge in [0.1, 0.15) is 0 Å². The maximum absolute atomic E-state index is 13.4. The minimum atomic E-state index is -0.922. The van der Waals surface area contributed by atoms with Gasteiger partial charge in [0.15, 0.2) is 0 Å². The summed E-state index contributed by atoms with van der Waals surface area (Å²) < 4.78 is 0. The predicted molar refractivity (Wildman–Crippen MR) is 128 cm³/mol. The highest BCUT2D eigenvalue weighted by atomic mass is 16.3. The fourth-order valence-corrected chi connectivity index (χ4v) is 5.37. The molecule has 6 rings (SSSR count). The topological polar surface area (TPSA) is 111 Å². The SMILES string of the molecule is Nc1ccc(C2(O)CCN(C(=O)c3ccc4[nH]c5c(c4c3)CCCc3cn[nH]c3-5)CC2)cc1. The quantitative estimate of drug-likeness (QED) is 0.355. The van der Waals surface area contributed by atoms with E-state index in [-0.39, 0.29) is 5.91 Å². The summed E-state index contributed by atoms with van der Waals surface area (Å²) in [6.07, 6.45) is 5.94. The van der Waals surface area contributed by atoms with E-state index >= 15 is 0 Å². The first-order valence-corrected chi connectivity index (χ1v) is 11.6. The van der Waals surface area contributed by atoms with Crippen molar-refractivity contribution >= 4 is 22.5 Å². The molecule has 2 aromatic heterocycles. The molecule has 168 valence electrons. The van der Waals surface area contributed by atoms with Crippen molar-refractivity contribution < 1.29 is 9.90 Å². The van der Waals surface area contributed by atoms with E-state index < -0.39 is 5.60 Å². The minimum absolute atomic E-state index is 0.0158. The van der Waals surface area contributed by atoms with E-state index in [0.29, 0.717) is 37.2 Å². The number of anilines is 1. The summed E-state index contributed by atoms with van der Waals surface area (Å²) in [4.78, 5) is 18.7. The number of aryl methyl sites for hydroxylation is 2. The normalized spacial score (nSPS) is 17.4. The number of carbonyl (C=O) groups is 1. The number of nitrogens with one attached hydrogen (secondary N) is 2. The number of H-pyrrole nitrogens is 2. The number of nitrogen functional groups attached to an aromatic ring is 1. The molecule has 1 amide bonds. The van der Waals surface area contributed by atoms with Gasteiger partial charge in [-0.3, -0.25) is 9.89 Å². The van der Waals surface area contributed by atoms with E-state index in [1.807, 2.05) is 53.6 Å². The second kappa shape index (κ2) is 7.49. The van der Waals surface area contributed by atoms with Gasteiger partial charge < -0.3 is 20.7 Å². The van der Waals surface area contributed by atoms with Gasteiger partial charge in [0.05, 0.1) is 23.2 Å². The van der Waals surface area contributed by atoms with Crippen molar-refractivity contribution in [2.45, 2.75) is 37.7 Å². The van der Waals surface area contributed by atoms with Gasteiger partial charge in [0.25, 0.3) is 5.91 Å². The summed E-state index contributed by atoms with van der Waals surface area (Å²) in [6, 6.07) is 13.3.